The molecule has 0 amide bonds. The van der Waals surface area contributed by atoms with Crippen LogP contribution in [0.5, 0.6) is 0 Å². The van der Waals surface area contributed by atoms with Gasteiger partial charge in [0.25, 0.3) is 0 Å². The average molecular weight is 402 g/mol. The maximum Gasteiger partial charge on any atom is 0.417 e. The Hall–Kier alpha value is -0.870. The molecule has 0 saturated carbocycles. The van der Waals surface area contributed by atoms with E-state index in [9.17, 15) is 21.6 Å². The number of alkyl halides is 3. The van der Waals surface area contributed by atoms with Gasteiger partial charge in [-0.3, -0.25) is 0 Å². The van der Waals surface area contributed by atoms with Gasteiger partial charge in [0, 0.05) is 0 Å². The summed E-state index contributed by atoms with van der Waals surface area (Å²) in [5.74, 6) is 0. The van der Waals surface area contributed by atoms with Crippen LogP contribution in [0.4, 0.5) is 13.2 Å². The van der Waals surface area contributed by atoms with Crippen molar-refractivity contribution in [3.63, 3.8) is 0 Å². The first-order valence-corrected chi connectivity index (χ1v) is 9.59. The lowest BCUT2D eigenvalue weighted by Crippen LogP contribution is -3.22. The largest absolute Gasteiger partial charge is 0.417 e. The van der Waals surface area contributed by atoms with E-state index >= 15 is 0 Å². The van der Waals surface area contributed by atoms with Gasteiger partial charge in [-0.05, 0) is 32.0 Å². The second kappa shape index (κ2) is 7.40. The van der Waals surface area contributed by atoms with Crippen molar-refractivity contribution < 1.29 is 31.2 Å². The summed E-state index contributed by atoms with van der Waals surface area (Å²) in [5.41, 5.74) is -1.59. The molecule has 2 rings (SSSR count). The summed E-state index contributed by atoms with van der Waals surface area (Å²) in [6, 6.07) is 2.56. The SMILES string of the molecule is CC(C)(CNS(=O)(=O)c1ccc(Cl)c(C(F)(F)F)c1)[NH+]1CCOCC1. The molecule has 0 radical (unpaired) electrons. The molecule has 0 aromatic heterocycles. The van der Waals surface area contributed by atoms with Gasteiger partial charge in [-0.2, -0.15) is 13.2 Å². The summed E-state index contributed by atoms with van der Waals surface area (Å²) in [6.45, 7) is 6.57. The standard InChI is InChI=1S/C15H20ClF3N2O3S/c1-14(2,21-5-7-24-8-6-21)10-20-25(22,23)11-3-4-13(16)12(9-11)15(17,18)19/h3-4,9,20H,5-8,10H2,1-2H3/p+1. The normalized spacial score (nSPS) is 17.7. The lowest BCUT2D eigenvalue weighted by Gasteiger charge is -2.37. The molecule has 0 aliphatic carbocycles. The molecule has 0 spiro atoms. The van der Waals surface area contributed by atoms with Gasteiger partial charge in [-0.25, -0.2) is 13.1 Å². The van der Waals surface area contributed by atoms with E-state index in [2.05, 4.69) is 4.72 Å². The highest BCUT2D eigenvalue weighted by Crippen LogP contribution is 2.35. The van der Waals surface area contributed by atoms with Gasteiger partial charge in [-0.1, -0.05) is 11.6 Å². The first-order chi connectivity index (χ1) is 11.4. The summed E-state index contributed by atoms with van der Waals surface area (Å²) in [6.07, 6.45) is -4.72. The molecule has 1 heterocycles. The topological polar surface area (TPSA) is 59.8 Å². The van der Waals surface area contributed by atoms with Gasteiger partial charge >= 0.3 is 6.18 Å². The molecule has 0 bridgehead atoms. The fourth-order valence-electron chi connectivity index (χ4n) is 2.67. The van der Waals surface area contributed by atoms with Gasteiger partial charge in [0.1, 0.15) is 18.6 Å². The molecule has 0 atom stereocenters. The molecule has 1 aromatic carbocycles. The van der Waals surface area contributed by atoms with E-state index in [4.69, 9.17) is 16.3 Å². The molecule has 1 aromatic rings. The third kappa shape index (κ3) is 5.07. The Balaban J connectivity index is 2.16. The first kappa shape index (κ1) is 20.4. The molecular formula is C15H21ClF3N2O3S+. The van der Waals surface area contributed by atoms with Crippen molar-refractivity contribution in [2.75, 3.05) is 32.8 Å². The lowest BCUT2D eigenvalue weighted by molar-refractivity contribution is -0.954. The number of hydrogen-bond acceptors (Lipinski definition) is 3. The number of nitrogens with one attached hydrogen (secondary N) is 2. The molecule has 1 aliphatic rings. The van der Waals surface area contributed by atoms with E-state index in [-0.39, 0.29) is 6.54 Å². The molecule has 25 heavy (non-hydrogen) atoms. The number of ether oxygens (including phenoxy) is 1. The maximum atomic E-state index is 12.9. The highest BCUT2D eigenvalue weighted by molar-refractivity contribution is 7.89. The van der Waals surface area contributed by atoms with Gasteiger partial charge in [0.05, 0.1) is 35.2 Å². The number of benzene rings is 1. The number of quaternary nitrogens is 1. The summed E-state index contributed by atoms with van der Waals surface area (Å²) < 4.78 is 71.3. The number of rotatable bonds is 5. The Labute approximate surface area is 150 Å². The Bertz CT molecular complexity index is 717. The van der Waals surface area contributed by atoms with E-state index in [0.29, 0.717) is 19.3 Å². The van der Waals surface area contributed by atoms with Crippen LogP contribution in [0.25, 0.3) is 0 Å². The Morgan fingerprint density at radius 1 is 1.24 bits per heavy atom. The number of morpholine rings is 1. The molecular weight excluding hydrogens is 381 g/mol. The minimum atomic E-state index is -4.72. The number of sulfonamides is 1. The Morgan fingerprint density at radius 3 is 2.40 bits per heavy atom. The van der Waals surface area contributed by atoms with Gasteiger partial charge in [0.2, 0.25) is 10.0 Å². The fourth-order valence-corrected chi connectivity index (χ4v) is 4.13. The van der Waals surface area contributed by atoms with Crippen LogP contribution >= 0.6 is 11.6 Å². The van der Waals surface area contributed by atoms with Crippen LogP contribution in [-0.4, -0.2) is 46.8 Å². The predicted molar refractivity (Wildman–Crippen MR) is 87.2 cm³/mol. The predicted octanol–water partition coefficient (Wildman–Crippen LogP) is 1.33. The van der Waals surface area contributed by atoms with E-state index in [1.54, 1.807) is 0 Å². The van der Waals surface area contributed by atoms with Crippen LogP contribution < -0.4 is 9.62 Å². The third-order valence-electron chi connectivity index (χ3n) is 4.31. The van der Waals surface area contributed by atoms with Crippen LogP contribution in [0.1, 0.15) is 19.4 Å². The van der Waals surface area contributed by atoms with Gasteiger partial charge in [-0.15, -0.1) is 0 Å². The van der Waals surface area contributed by atoms with E-state index in [1.165, 1.54) is 4.90 Å². The molecule has 1 aliphatic heterocycles. The van der Waals surface area contributed by atoms with Crippen molar-refractivity contribution >= 4 is 21.6 Å². The highest BCUT2D eigenvalue weighted by Gasteiger charge is 2.36. The number of halogens is 4. The van der Waals surface area contributed by atoms with Crippen molar-refractivity contribution in [1.82, 2.24) is 4.72 Å². The minimum absolute atomic E-state index is 0.0919. The summed E-state index contributed by atoms with van der Waals surface area (Å²) >= 11 is 5.53. The van der Waals surface area contributed by atoms with Crippen molar-refractivity contribution in [3.8, 4) is 0 Å². The van der Waals surface area contributed by atoms with Gasteiger partial charge in [0.15, 0.2) is 0 Å². The summed E-state index contributed by atoms with van der Waals surface area (Å²) in [7, 11) is -4.08. The molecule has 0 unspecified atom stereocenters. The summed E-state index contributed by atoms with van der Waals surface area (Å²) in [4.78, 5) is 0.713. The Morgan fingerprint density at radius 2 is 1.84 bits per heavy atom. The van der Waals surface area contributed by atoms with Crippen molar-refractivity contribution in [3.05, 3.63) is 28.8 Å². The average Bonchev–Trinajstić information content (AvgIpc) is 2.53. The Kier molecular flexibility index (Phi) is 6.05. The maximum absolute atomic E-state index is 12.9. The highest BCUT2D eigenvalue weighted by atomic mass is 35.5. The molecule has 5 nitrogen and oxygen atoms in total. The van der Waals surface area contributed by atoms with Gasteiger partial charge < -0.3 is 9.64 Å². The second-order valence-corrected chi connectivity index (χ2v) is 8.74. The van der Waals surface area contributed by atoms with Crippen LogP contribution in [0.2, 0.25) is 5.02 Å². The smallest absolute Gasteiger partial charge is 0.370 e. The van der Waals surface area contributed by atoms with Crippen molar-refractivity contribution in [1.29, 1.82) is 0 Å². The second-order valence-electron chi connectivity index (χ2n) is 6.56. The van der Waals surface area contributed by atoms with Crippen LogP contribution in [0, 0.1) is 0 Å². The van der Waals surface area contributed by atoms with E-state index < -0.39 is 37.2 Å². The van der Waals surface area contributed by atoms with Crippen LogP contribution in [-0.2, 0) is 20.9 Å². The molecule has 1 saturated heterocycles. The van der Waals surface area contributed by atoms with E-state index in [1.807, 2.05) is 13.8 Å². The fraction of sp³-hybridized carbons (Fsp3) is 0.600. The molecule has 1 fully saturated rings. The van der Waals surface area contributed by atoms with Crippen LogP contribution in [0.15, 0.2) is 23.1 Å². The molecule has 2 N–H and O–H groups in total. The number of hydrogen-bond donors (Lipinski definition) is 2. The van der Waals surface area contributed by atoms with Crippen molar-refractivity contribution in [2.45, 2.75) is 30.5 Å². The zero-order chi connectivity index (χ0) is 18.9. The quantitative estimate of drug-likeness (QED) is 0.782. The molecule has 142 valence electrons. The van der Waals surface area contributed by atoms with E-state index in [0.717, 1.165) is 25.2 Å². The minimum Gasteiger partial charge on any atom is -0.370 e. The monoisotopic (exact) mass is 401 g/mol. The zero-order valence-corrected chi connectivity index (χ0v) is 15.5. The lowest BCUT2D eigenvalue weighted by atomic mass is 10.0. The third-order valence-corrected chi connectivity index (χ3v) is 6.04. The first-order valence-electron chi connectivity index (χ1n) is 7.73. The van der Waals surface area contributed by atoms with Crippen LogP contribution in [0.3, 0.4) is 0 Å². The molecule has 10 heteroatoms. The van der Waals surface area contributed by atoms with Crippen molar-refractivity contribution in [2.24, 2.45) is 0 Å². The zero-order valence-electron chi connectivity index (χ0n) is 13.9. The summed E-state index contributed by atoms with van der Waals surface area (Å²) in [5, 5.41) is -0.537.